The Hall–Kier alpha value is -3.03. The van der Waals surface area contributed by atoms with E-state index in [9.17, 15) is 4.79 Å². The van der Waals surface area contributed by atoms with Gasteiger partial charge in [-0.2, -0.15) is 5.10 Å². The van der Waals surface area contributed by atoms with Crippen LogP contribution >= 0.6 is 0 Å². The molecule has 0 amide bonds. The van der Waals surface area contributed by atoms with Crippen molar-refractivity contribution in [2.75, 3.05) is 46.8 Å². The molecule has 75 heavy (non-hydrogen) atoms. The standard InChI is InChI=1S/C60H101FN6O5Si3/c1-12-14-15-16-17-18-19-20-21-22-23-24-29-55(59(68)49-30-32-64(3)33-31-49)65-42-53-56(43-65)66(45-69-34-37-73(4,5)6)60(62-53)58-51-27-25-26-28-54(51)67(63-58)46-70-36-39-75(10,11)44-50-40-52(61)57(41-48(50)13-2)72-47-71-35-38-74(7,8)9/h25-28,40-41,49,55H,12-24,29-39,42-47H2,1-11H3. The van der Waals surface area contributed by atoms with Crippen molar-refractivity contribution in [1.82, 2.24) is 29.1 Å². The van der Waals surface area contributed by atoms with E-state index in [1.807, 2.05) is 10.7 Å². The number of halogens is 1. The van der Waals surface area contributed by atoms with E-state index in [1.165, 1.54) is 70.6 Å². The van der Waals surface area contributed by atoms with E-state index in [2.05, 4.69) is 112 Å². The number of nitrogens with zero attached hydrogens (tertiary/aromatic N) is 6. The first-order valence-corrected chi connectivity index (χ1v) is 40.4. The third-order valence-electron chi connectivity index (χ3n) is 15.9. The molecule has 0 aliphatic carbocycles. The van der Waals surface area contributed by atoms with Crippen molar-refractivity contribution in [1.29, 1.82) is 0 Å². The highest BCUT2D eigenvalue weighted by atomic mass is 28.3. The van der Waals surface area contributed by atoms with Crippen molar-refractivity contribution in [3.8, 4) is 17.3 Å². The molecule has 420 valence electrons. The van der Waals surface area contributed by atoms with E-state index in [-0.39, 0.29) is 30.3 Å². The molecule has 6 rings (SSSR count). The number of unbranched alkanes of at least 4 members (excludes halogenated alkanes) is 11. The number of Topliss-reactive ketones (excluding diaryl/α,β-unsaturated/α-hetero) is 1. The molecule has 11 nitrogen and oxygen atoms in total. The van der Waals surface area contributed by atoms with Gasteiger partial charge in [-0.1, -0.05) is 161 Å². The molecule has 1 unspecified atom stereocenters. The second-order valence-corrected chi connectivity index (χ2v) is 42.0. The van der Waals surface area contributed by atoms with Crippen LogP contribution < -0.4 is 4.74 Å². The van der Waals surface area contributed by atoms with Crippen LogP contribution in [-0.2, 0) is 58.0 Å². The molecular weight excluding hydrogens is 988 g/mol. The Bertz CT molecular complexity index is 2350. The van der Waals surface area contributed by atoms with Crippen LogP contribution in [-0.4, -0.2) is 112 Å². The number of carbonyl (C=O) groups is 1. The summed E-state index contributed by atoms with van der Waals surface area (Å²) in [5.74, 6) is 1.33. The highest BCUT2D eigenvalue weighted by molar-refractivity contribution is 6.77. The van der Waals surface area contributed by atoms with E-state index >= 15 is 4.39 Å². The number of aryl methyl sites for hydroxylation is 1. The number of hydrogen-bond donors (Lipinski definition) is 0. The number of piperidine rings is 1. The first kappa shape index (κ1) is 61.2. The number of hydrogen-bond acceptors (Lipinski definition) is 9. The van der Waals surface area contributed by atoms with Crippen LogP contribution in [0.4, 0.5) is 4.39 Å². The van der Waals surface area contributed by atoms with Crippen molar-refractivity contribution < 1.29 is 28.1 Å². The van der Waals surface area contributed by atoms with Gasteiger partial charge in [0.15, 0.2) is 30.0 Å². The Morgan fingerprint density at radius 3 is 2.01 bits per heavy atom. The van der Waals surface area contributed by atoms with Crippen LogP contribution in [0.15, 0.2) is 36.4 Å². The molecule has 15 heteroatoms. The molecule has 1 saturated heterocycles. The first-order chi connectivity index (χ1) is 35.9. The monoisotopic (exact) mass is 1090 g/mol. The van der Waals surface area contributed by atoms with Gasteiger partial charge >= 0.3 is 0 Å². The molecule has 2 aliphatic rings. The summed E-state index contributed by atoms with van der Waals surface area (Å²) in [4.78, 5) is 24.9. The van der Waals surface area contributed by atoms with E-state index < -0.39 is 24.2 Å². The molecule has 0 radical (unpaired) electrons. The van der Waals surface area contributed by atoms with E-state index in [0.717, 1.165) is 114 Å². The van der Waals surface area contributed by atoms with Crippen LogP contribution in [0.3, 0.4) is 0 Å². The first-order valence-electron chi connectivity index (χ1n) is 29.5. The number of ether oxygens (including phenoxy) is 4. The summed E-state index contributed by atoms with van der Waals surface area (Å²) in [7, 11) is -2.20. The maximum absolute atomic E-state index is 15.4. The lowest BCUT2D eigenvalue weighted by atomic mass is 9.86. The number of para-hydroxylation sites is 1. The predicted octanol–water partition coefficient (Wildman–Crippen LogP) is 14.8. The number of carbonyl (C=O) groups excluding carboxylic acids is 1. The largest absolute Gasteiger partial charge is 0.464 e. The third kappa shape index (κ3) is 19.4. The fourth-order valence-electron chi connectivity index (χ4n) is 10.9. The van der Waals surface area contributed by atoms with Gasteiger partial charge in [0.25, 0.3) is 0 Å². The van der Waals surface area contributed by atoms with Gasteiger partial charge in [0.2, 0.25) is 0 Å². The Kier molecular flexibility index (Phi) is 24.3. The molecule has 0 N–H and O–H groups in total. The number of likely N-dealkylation sites (tertiary alicyclic amines) is 1. The second-order valence-electron chi connectivity index (χ2n) is 25.6. The molecule has 4 aromatic rings. The van der Waals surface area contributed by atoms with E-state index in [4.69, 9.17) is 29.0 Å². The summed E-state index contributed by atoms with van der Waals surface area (Å²) >= 11 is 0. The zero-order valence-electron chi connectivity index (χ0n) is 48.9. The van der Waals surface area contributed by atoms with Crippen molar-refractivity contribution >= 4 is 40.9 Å². The summed E-state index contributed by atoms with van der Waals surface area (Å²) < 4.78 is 44.2. The van der Waals surface area contributed by atoms with Gasteiger partial charge in [0, 0.05) is 60.4 Å². The minimum Gasteiger partial charge on any atom is -0.464 e. The summed E-state index contributed by atoms with van der Waals surface area (Å²) in [5, 5.41) is 6.30. The minimum atomic E-state index is -1.85. The number of aromatic nitrogens is 4. The Morgan fingerprint density at radius 2 is 1.36 bits per heavy atom. The average Bonchev–Trinajstić information content (AvgIpc) is 4.04. The maximum atomic E-state index is 15.4. The van der Waals surface area contributed by atoms with Gasteiger partial charge in [-0.15, -0.1) is 0 Å². The lowest BCUT2D eigenvalue weighted by molar-refractivity contribution is -0.130. The van der Waals surface area contributed by atoms with Crippen LogP contribution in [0.5, 0.6) is 5.75 Å². The van der Waals surface area contributed by atoms with Gasteiger partial charge in [0.05, 0.1) is 31.0 Å². The summed E-state index contributed by atoms with van der Waals surface area (Å²) in [6.07, 6.45) is 19.4. The highest BCUT2D eigenvalue weighted by Gasteiger charge is 2.38. The van der Waals surface area contributed by atoms with Gasteiger partial charge in [-0.3, -0.25) is 9.69 Å². The molecule has 0 spiro atoms. The fraction of sp³-hybridized carbons (Fsp3) is 0.717. The molecule has 0 bridgehead atoms. The molecular formula is C60H101FN6O5Si3. The lowest BCUT2D eigenvalue weighted by Crippen LogP contribution is -2.44. The molecule has 4 heterocycles. The van der Waals surface area contributed by atoms with Gasteiger partial charge in [0.1, 0.15) is 19.2 Å². The van der Waals surface area contributed by atoms with Gasteiger partial charge in [-0.05, 0) is 99.3 Å². The number of imidazole rings is 1. The number of ketones is 1. The van der Waals surface area contributed by atoms with E-state index in [0.29, 0.717) is 52.2 Å². The zero-order chi connectivity index (χ0) is 54.0. The summed E-state index contributed by atoms with van der Waals surface area (Å²) in [6.45, 7) is 29.3. The summed E-state index contributed by atoms with van der Waals surface area (Å²) in [5.41, 5.74) is 6.19. The van der Waals surface area contributed by atoms with Crippen molar-refractivity contribution in [3.63, 3.8) is 0 Å². The molecule has 0 saturated carbocycles. The average molecular weight is 1090 g/mol. The predicted molar refractivity (Wildman–Crippen MR) is 316 cm³/mol. The smallest absolute Gasteiger partial charge is 0.189 e. The van der Waals surface area contributed by atoms with Crippen LogP contribution in [0, 0.1) is 11.7 Å². The Balaban J connectivity index is 1.12. The lowest BCUT2D eigenvalue weighted by Gasteiger charge is -2.34. The molecule has 2 aliphatic heterocycles. The maximum Gasteiger partial charge on any atom is 0.189 e. The number of benzene rings is 2. The van der Waals surface area contributed by atoms with E-state index in [1.54, 1.807) is 6.07 Å². The number of fused-ring (bicyclic) bond motifs is 2. The van der Waals surface area contributed by atoms with Crippen molar-refractivity contribution in [2.45, 2.75) is 226 Å². The minimum absolute atomic E-state index is 0.0633. The molecule has 1 atom stereocenters. The number of rotatable bonds is 36. The molecule has 2 aromatic carbocycles. The highest BCUT2D eigenvalue weighted by Crippen LogP contribution is 2.36. The fourth-order valence-corrected chi connectivity index (χ4v) is 14.6. The quantitative estimate of drug-likeness (QED) is 0.0251. The van der Waals surface area contributed by atoms with Crippen molar-refractivity contribution in [3.05, 3.63) is 64.7 Å². The Labute approximate surface area is 456 Å². The topological polar surface area (TPSA) is 96.1 Å². The summed E-state index contributed by atoms with van der Waals surface area (Å²) in [6, 6.07) is 15.8. The zero-order valence-corrected chi connectivity index (χ0v) is 51.9. The van der Waals surface area contributed by atoms with Gasteiger partial charge < -0.3 is 28.4 Å². The Morgan fingerprint density at radius 1 is 0.747 bits per heavy atom. The van der Waals surface area contributed by atoms with Crippen LogP contribution in [0.1, 0.15) is 133 Å². The second kappa shape index (κ2) is 29.8. The van der Waals surface area contributed by atoms with Crippen molar-refractivity contribution in [2.24, 2.45) is 5.92 Å². The molecule has 2 aromatic heterocycles. The normalized spacial score (nSPS) is 15.6. The van der Waals surface area contributed by atoms with Crippen LogP contribution in [0.2, 0.25) is 70.5 Å². The third-order valence-corrected chi connectivity index (χ3v) is 22.2. The molecule has 1 fully saturated rings. The van der Waals surface area contributed by atoms with Gasteiger partial charge in [-0.25, -0.2) is 14.1 Å². The SMILES string of the molecule is CCCCCCCCCCCCCCC(C(=O)C1CCN(C)CC1)N1Cc2nc(-c3nn(COCC[Si](C)(C)Cc4cc(F)c(OCOCC[Si](C)(C)C)cc4CC)c4ccccc34)n(COCC[Si](C)(C)C)c2C1. The van der Waals surface area contributed by atoms with Crippen LogP contribution in [0.25, 0.3) is 22.4 Å².